The van der Waals surface area contributed by atoms with E-state index < -0.39 is 0 Å². The Morgan fingerprint density at radius 2 is 2.27 bits per heavy atom. The van der Waals surface area contributed by atoms with Gasteiger partial charge >= 0.3 is 0 Å². The number of nitrogens with zero attached hydrogens (tertiary/aromatic N) is 3. The van der Waals surface area contributed by atoms with E-state index >= 15 is 0 Å². The molecule has 0 unspecified atom stereocenters. The lowest BCUT2D eigenvalue weighted by Crippen LogP contribution is -2.31. The van der Waals surface area contributed by atoms with Gasteiger partial charge in [-0.25, -0.2) is 9.40 Å². The van der Waals surface area contributed by atoms with Gasteiger partial charge in [0, 0.05) is 19.3 Å². The van der Waals surface area contributed by atoms with E-state index in [0.29, 0.717) is 12.2 Å². The zero-order valence-electron chi connectivity index (χ0n) is 8.69. The summed E-state index contributed by atoms with van der Waals surface area (Å²) in [5.74, 6) is -0.239. The van der Waals surface area contributed by atoms with E-state index in [1.165, 1.54) is 12.5 Å². The fourth-order valence-corrected chi connectivity index (χ4v) is 1.70. The molecule has 1 aliphatic heterocycles. The molecule has 0 saturated carbocycles. The molecule has 2 rings (SSSR count). The lowest BCUT2D eigenvalue weighted by Gasteiger charge is -2.17. The molecule has 81 valence electrons. The average molecular weight is 208 g/mol. The second-order valence-corrected chi connectivity index (χ2v) is 3.75. The number of halogens is 1. The maximum atomic E-state index is 13.3. The van der Waals surface area contributed by atoms with Gasteiger partial charge in [0.05, 0.1) is 12.2 Å². The molecule has 3 nitrogen and oxygen atoms in total. The largest absolute Gasteiger partial charge is 0.257 e. The van der Waals surface area contributed by atoms with E-state index in [-0.39, 0.29) is 5.82 Å². The fourth-order valence-electron chi connectivity index (χ4n) is 1.70. The van der Waals surface area contributed by atoms with E-state index in [1.807, 2.05) is 5.01 Å². The van der Waals surface area contributed by atoms with Crippen molar-refractivity contribution in [2.45, 2.75) is 25.8 Å². The van der Waals surface area contributed by atoms with Gasteiger partial charge in [0.2, 0.25) is 0 Å². The van der Waals surface area contributed by atoms with Crippen LogP contribution < -0.4 is 5.43 Å². The molecule has 0 N–H and O–H groups in total. The van der Waals surface area contributed by atoms with Crippen LogP contribution in [0.5, 0.6) is 0 Å². The first kappa shape index (κ1) is 10.5. The number of rotatable bonds is 2. The molecule has 0 atom stereocenters. The number of hydrogen-bond donors (Lipinski definition) is 0. The Kier molecular flexibility index (Phi) is 3.64. The van der Waals surface area contributed by atoms with Crippen molar-refractivity contribution in [3.8, 4) is 0 Å². The second kappa shape index (κ2) is 5.19. The molecule has 0 bridgehead atoms. The highest BCUT2D eigenvalue weighted by Crippen LogP contribution is 2.09. The molecule has 2 heterocycles. The summed E-state index contributed by atoms with van der Waals surface area (Å²) in [7, 11) is 0. The van der Waals surface area contributed by atoms with Crippen molar-refractivity contribution in [2.75, 3.05) is 13.1 Å². The van der Waals surface area contributed by atoms with Gasteiger partial charge in [-0.15, -0.1) is 0 Å². The van der Waals surface area contributed by atoms with Crippen molar-refractivity contribution in [3.05, 3.63) is 29.8 Å². The lowest BCUT2D eigenvalue weighted by atomic mass is 10.2. The number of pyridine rings is 1. The first-order valence-corrected chi connectivity index (χ1v) is 5.38. The topological polar surface area (TPSA) is 30.2 Å². The van der Waals surface area contributed by atoms with Crippen molar-refractivity contribution in [1.82, 2.24) is 15.4 Å². The molecule has 1 aromatic rings. The van der Waals surface area contributed by atoms with Gasteiger partial charge in [0.1, 0.15) is 5.82 Å². The quantitative estimate of drug-likeness (QED) is 0.741. The van der Waals surface area contributed by atoms with E-state index in [9.17, 15) is 4.39 Å². The Morgan fingerprint density at radius 1 is 1.33 bits per heavy atom. The van der Waals surface area contributed by atoms with Crippen LogP contribution in [-0.2, 0) is 6.54 Å². The maximum absolute atomic E-state index is 13.3. The van der Waals surface area contributed by atoms with Crippen molar-refractivity contribution in [3.63, 3.8) is 0 Å². The third kappa shape index (κ3) is 2.97. The summed E-state index contributed by atoms with van der Waals surface area (Å²) in [6.07, 6.45) is 5.11. The van der Waals surface area contributed by atoms with Gasteiger partial charge in [0.15, 0.2) is 0 Å². The summed E-state index contributed by atoms with van der Waals surface area (Å²) >= 11 is 0. The summed E-state index contributed by atoms with van der Waals surface area (Å²) in [6.45, 7) is 2.26. The minimum absolute atomic E-state index is 0.239. The fraction of sp³-hybridized carbons (Fsp3) is 0.545. The predicted molar refractivity (Wildman–Crippen MR) is 55.5 cm³/mol. The van der Waals surface area contributed by atoms with E-state index in [0.717, 1.165) is 25.9 Å². The van der Waals surface area contributed by atoms with Gasteiger partial charge in [-0.3, -0.25) is 4.98 Å². The van der Waals surface area contributed by atoms with E-state index in [1.54, 1.807) is 12.3 Å². The third-order valence-electron chi connectivity index (χ3n) is 2.54. The van der Waals surface area contributed by atoms with Crippen LogP contribution in [0.1, 0.15) is 25.0 Å². The average Bonchev–Trinajstić information content (AvgIpc) is 2.50. The molecule has 1 radical (unpaired) electrons. The molecule has 0 aliphatic carbocycles. The first-order valence-electron chi connectivity index (χ1n) is 5.38. The standard InChI is InChI=1S/C11H15FN3/c12-10-5-4-6-13-11(10)9-15-8-3-1-2-7-14-15/h4-6H,1-3,7-9H2. The number of aromatic nitrogens is 1. The zero-order valence-corrected chi connectivity index (χ0v) is 8.69. The lowest BCUT2D eigenvalue weighted by molar-refractivity contribution is 0.179. The van der Waals surface area contributed by atoms with E-state index in [2.05, 4.69) is 10.4 Å². The Balaban J connectivity index is 1.98. The van der Waals surface area contributed by atoms with Crippen LogP contribution in [0.3, 0.4) is 0 Å². The molecule has 1 aromatic heterocycles. The Labute approximate surface area is 89.3 Å². The second-order valence-electron chi connectivity index (χ2n) is 3.75. The van der Waals surface area contributed by atoms with E-state index in [4.69, 9.17) is 0 Å². The normalized spacial score (nSPS) is 18.7. The van der Waals surface area contributed by atoms with Crippen molar-refractivity contribution >= 4 is 0 Å². The summed E-state index contributed by atoms with van der Waals surface area (Å²) in [5.41, 5.74) is 4.88. The molecule has 4 heteroatoms. The molecule has 1 fully saturated rings. The van der Waals surface area contributed by atoms with Gasteiger partial charge in [0.25, 0.3) is 0 Å². The molecule has 0 spiro atoms. The molecule has 1 saturated heterocycles. The molecule has 1 aliphatic rings. The molecular weight excluding hydrogens is 193 g/mol. The van der Waals surface area contributed by atoms with Crippen LogP contribution >= 0.6 is 0 Å². The number of hydrogen-bond acceptors (Lipinski definition) is 2. The Hall–Kier alpha value is -1.00. The molecule has 0 amide bonds. The van der Waals surface area contributed by atoms with Crippen LogP contribution in [0, 0.1) is 5.82 Å². The summed E-state index contributed by atoms with van der Waals surface area (Å²) in [5, 5.41) is 1.93. The van der Waals surface area contributed by atoms with Crippen LogP contribution in [0.2, 0.25) is 0 Å². The molecule has 15 heavy (non-hydrogen) atoms. The smallest absolute Gasteiger partial charge is 0.146 e. The van der Waals surface area contributed by atoms with Crippen LogP contribution in [0.15, 0.2) is 18.3 Å². The highest BCUT2D eigenvalue weighted by Gasteiger charge is 2.12. The van der Waals surface area contributed by atoms with Crippen LogP contribution in [0.4, 0.5) is 4.39 Å². The summed E-state index contributed by atoms with van der Waals surface area (Å²) in [6, 6.07) is 3.05. The van der Waals surface area contributed by atoms with Crippen molar-refractivity contribution in [1.29, 1.82) is 0 Å². The third-order valence-corrected chi connectivity index (χ3v) is 2.54. The minimum atomic E-state index is -0.239. The summed E-state index contributed by atoms with van der Waals surface area (Å²) in [4.78, 5) is 4.03. The highest BCUT2D eigenvalue weighted by atomic mass is 19.1. The Bertz CT molecular complexity index is 308. The Morgan fingerprint density at radius 3 is 3.13 bits per heavy atom. The highest BCUT2D eigenvalue weighted by molar-refractivity contribution is 5.06. The SMILES string of the molecule is Fc1cccnc1CN1CCCCC[N]1. The van der Waals surface area contributed by atoms with Crippen molar-refractivity contribution in [2.24, 2.45) is 0 Å². The predicted octanol–water partition coefficient (Wildman–Crippen LogP) is 1.73. The van der Waals surface area contributed by atoms with Crippen LogP contribution in [-0.4, -0.2) is 23.1 Å². The minimum Gasteiger partial charge on any atom is -0.257 e. The summed E-state index contributed by atoms with van der Waals surface area (Å²) < 4.78 is 13.3. The van der Waals surface area contributed by atoms with Crippen molar-refractivity contribution < 1.29 is 4.39 Å². The monoisotopic (exact) mass is 208 g/mol. The molecular formula is C11H15FN3. The van der Waals surface area contributed by atoms with Crippen LogP contribution in [0.25, 0.3) is 0 Å². The molecule has 0 aromatic carbocycles. The van der Waals surface area contributed by atoms with Gasteiger partial charge in [-0.05, 0) is 25.0 Å². The van der Waals surface area contributed by atoms with Gasteiger partial charge in [-0.1, -0.05) is 6.42 Å². The first-order chi connectivity index (χ1) is 7.36. The van der Waals surface area contributed by atoms with Gasteiger partial charge < -0.3 is 0 Å². The zero-order chi connectivity index (χ0) is 10.5. The maximum Gasteiger partial charge on any atom is 0.146 e. The van der Waals surface area contributed by atoms with Gasteiger partial charge in [-0.2, -0.15) is 5.43 Å².